The van der Waals surface area contributed by atoms with Crippen molar-refractivity contribution in [2.45, 2.75) is 19.8 Å². The van der Waals surface area contributed by atoms with Crippen molar-refractivity contribution < 1.29 is 4.74 Å². The number of nitrogens with one attached hydrogen (secondary N) is 1. The van der Waals surface area contributed by atoms with E-state index >= 15 is 0 Å². The summed E-state index contributed by atoms with van der Waals surface area (Å²) >= 11 is 5.93. The Labute approximate surface area is 101 Å². The average Bonchev–Trinajstić information content (AvgIpc) is 3.09. The Bertz CT molecular complexity index is 353. The number of aromatic nitrogens is 1. The summed E-state index contributed by atoms with van der Waals surface area (Å²) in [6.45, 7) is 3.51. The molecule has 1 saturated carbocycles. The van der Waals surface area contributed by atoms with Gasteiger partial charge in [-0.2, -0.15) is 0 Å². The third kappa shape index (κ3) is 2.59. The minimum atomic E-state index is 0.294. The Morgan fingerprint density at radius 2 is 2.38 bits per heavy atom. The van der Waals surface area contributed by atoms with Crippen molar-refractivity contribution in [3.8, 4) is 5.75 Å². The van der Waals surface area contributed by atoms with Gasteiger partial charge in [-0.05, 0) is 31.9 Å². The molecule has 0 radical (unpaired) electrons. The zero-order chi connectivity index (χ0) is 11.4. The van der Waals surface area contributed by atoms with E-state index in [4.69, 9.17) is 16.3 Å². The number of ether oxygens (including phenoxy) is 1. The van der Waals surface area contributed by atoms with Gasteiger partial charge in [-0.3, -0.25) is 0 Å². The van der Waals surface area contributed by atoms with Crippen molar-refractivity contribution in [3.63, 3.8) is 0 Å². The zero-order valence-electron chi connectivity index (χ0n) is 9.50. The molecule has 4 heteroatoms. The highest BCUT2D eigenvalue weighted by molar-refractivity contribution is 6.18. The van der Waals surface area contributed by atoms with Crippen molar-refractivity contribution in [2.24, 2.45) is 5.41 Å². The fourth-order valence-corrected chi connectivity index (χ4v) is 1.96. The van der Waals surface area contributed by atoms with E-state index in [2.05, 4.69) is 10.3 Å². The molecular weight excluding hydrogens is 224 g/mol. The van der Waals surface area contributed by atoms with Crippen LogP contribution in [0.1, 0.15) is 19.8 Å². The summed E-state index contributed by atoms with van der Waals surface area (Å²) in [5.74, 6) is 2.35. The molecule has 1 aliphatic carbocycles. The summed E-state index contributed by atoms with van der Waals surface area (Å²) < 4.78 is 5.50. The van der Waals surface area contributed by atoms with Crippen LogP contribution in [0.25, 0.3) is 0 Å². The van der Waals surface area contributed by atoms with E-state index in [1.807, 2.05) is 19.1 Å². The number of hydrogen-bond donors (Lipinski definition) is 1. The van der Waals surface area contributed by atoms with E-state index in [1.54, 1.807) is 6.20 Å². The molecular formula is C12H17ClN2O. The third-order valence-corrected chi connectivity index (χ3v) is 3.51. The first-order chi connectivity index (χ1) is 7.79. The molecule has 0 bridgehead atoms. The van der Waals surface area contributed by atoms with Crippen LogP contribution in [-0.4, -0.2) is 24.0 Å². The molecule has 1 heterocycles. The van der Waals surface area contributed by atoms with Gasteiger partial charge in [0, 0.05) is 24.0 Å². The van der Waals surface area contributed by atoms with E-state index in [0.717, 1.165) is 24.0 Å². The van der Waals surface area contributed by atoms with Crippen LogP contribution in [0.5, 0.6) is 5.75 Å². The number of alkyl halides is 1. The average molecular weight is 241 g/mol. The van der Waals surface area contributed by atoms with Gasteiger partial charge in [0.15, 0.2) is 11.6 Å². The molecule has 0 saturated heterocycles. The van der Waals surface area contributed by atoms with Gasteiger partial charge in [0.05, 0.1) is 6.61 Å². The standard InChI is InChI=1S/C12H17ClN2O/c1-2-16-10-4-3-7-14-11(10)15-9-12(8-13)5-6-12/h3-4,7H,2,5-6,8-9H2,1H3,(H,14,15). The highest BCUT2D eigenvalue weighted by Crippen LogP contribution is 2.46. The van der Waals surface area contributed by atoms with Crippen molar-refractivity contribution in [3.05, 3.63) is 18.3 Å². The van der Waals surface area contributed by atoms with Crippen LogP contribution in [0.15, 0.2) is 18.3 Å². The molecule has 0 spiro atoms. The molecule has 0 atom stereocenters. The monoisotopic (exact) mass is 240 g/mol. The zero-order valence-corrected chi connectivity index (χ0v) is 10.3. The Morgan fingerprint density at radius 3 is 3.00 bits per heavy atom. The Morgan fingerprint density at radius 1 is 1.56 bits per heavy atom. The Hall–Kier alpha value is -0.960. The molecule has 2 rings (SSSR count). The van der Waals surface area contributed by atoms with Crippen LogP contribution in [0.2, 0.25) is 0 Å². The normalized spacial score (nSPS) is 16.9. The minimum absolute atomic E-state index is 0.294. The summed E-state index contributed by atoms with van der Waals surface area (Å²) in [5, 5.41) is 3.33. The van der Waals surface area contributed by atoms with Crippen molar-refractivity contribution in [1.82, 2.24) is 4.98 Å². The van der Waals surface area contributed by atoms with Gasteiger partial charge in [-0.25, -0.2) is 4.98 Å². The number of halogens is 1. The number of pyridine rings is 1. The predicted octanol–water partition coefficient (Wildman–Crippen LogP) is 2.91. The fraction of sp³-hybridized carbons (Fsp3) is 0.583. The predicted molar refractivity (Wildman–Crippen MR) is 66.3 cm³/mol. The number of nitrogens with zero attached hydrogens (tertiary/aromatic N) is 1. The van der Waals surface area contributed by atoms with Gasteiger partial charge >= 0.3 is 0 Å². The first kappa shape index (κ1) is 11.5. The summed E-state index contributed by atoms with van der Waals surface area (Å²) in [4.78, 5) is 4.28. The highest BCUT2D eigenvalue weighted by Gasteiger charge is 2.41. The molecule has 1 aromatic rings. The van der Waals surface area contributed by atoms with Gasteiger partial charge in [-0.1, -0.05) is 0 Å². The van der Waals surface area contributed by atoms with Gasteiger partial charge in [-0.15, -0.1) is 11.6 Å². The molecule has 88 valence electrons. The summed E-state index contributed by atoms with van der Waals surface area (Å²) in [6.07, 6.45) is 4.19. The fourth-order valence-electron chi connectivity index (χ4n) is 1.60. The molecule has 1 aliphatic rings. The summed E-state index contributed by atoms with van der Waals surface area (Å²) in [7, 11) is 0. The summed E-state index contributed by atoms with van der Waals surface area (Å²) in [6, 6.07) is 3.81. The first-order valence-corrected chi connectivity index (χ1v) is 6.21. The smallest absolute Gasteiger partial charge is 0.168 e. The van der Waals surface area contributed by atoms with Crippen molar-refractivity contribution >= 4 is 17.4 Å². The lowest BCUT2D eigenvalue weighted by atomic mass is 10.1. The maximum Gasteiger partial charge on any atom is 0.168 e. The SMILES string of the molecule is CCOc1cccnc1NCC1(CCl)CC1. The number of hydrogen-bond acceptors (Lipinski definition) is 3. The molecule has 0 aliphatic heterocycles. The Balaban J connectivity index is 1.97. The van der Waals surface area contributed by atoms with Crippen molar-refractivity contribution in [1.29, 1.82) is 0 Å². The molecule has 3 nitrogen and oxygen atoms in total. The lowest BCUT2D eigenvalue weighted by molar-refractivity contribution is 0.340. The Kier molecular flexibility index (Phi) is 3.54. The molecule has 0 unspecified atom stereocenters. The van der Waals surface area contributed by atoms with Gasteiger partial charge < -0.3 is 10.1 Å². The maximum atomic E-state index is 5.93. The second-order valence-electron chi connectivity index (χ2n) is 4.27. The second kappa shape index (κ2) is 4.91. The summed E-state index contributed by atoms with van der Waals surface area (Å²) in [5.41, 5.74) is 0.294. The van der Waals surface area contributed by atoms with Crippen LogP contribution in [0.4, 0.5) is 5.82 Å². The number of anilines is 1. The lowest BCUT2D eigenvalue weighted by Crippen LogP contribution is -2.18. The highest BCUT2D eigenvalue weighted by atomic mass is 35.5. The van der Waals surface area contributed by atoms with Gasteiger partial charge in [0.25, 0.3) is 0 Å². The molecule has 0 aromatic carbocycles. The van der Waals surface area contributed by atoms with E-state index < -0.39 is 0 Å². The van der Waals surface area contributed by atoms with E-state index in [0.29, 0.717) is 12.0 Å². The van der Waals surface area contributed by atoms with Crippen LogP contribution >= 0.6 is 11.6 Å². The van der Waals surface area contributed by atoms with E-state index in [9.17, 15) is 0 Å². The number of rotatable bonds is 6. The van der Waals surface area contributed by atoms with Crippen molar-refractivity contribution in [2.75, 3.05) is 24.3 Å². The van der Waals surface area contributed by atoms with Gasteiger partial charge in [0.1, 0.15) is 0 Å². The molecule has 0 amide bonds. The van der Waals surface area contributed by atoms with E-state index in [-0.39, 0.29) is 0 Å². The van der Waals surface area contributed by atoms with Crippen LogP contribution in [0, 0.1) is 5.41 Å². The van der Waals surface area contributed by atoms with Crippen LogP contribution in [0.3, 0.4) is 0 Å². The quantitative estimate of drug-likeness (QED) is 0.777. The van der Waals surface area contributed by atoms with Crippen LogP contribution in [-0.2, 0) is 0 Å². The molecule has 1 N–H and O–H groups in total. The maximum absolute atomic E-state index is 5.93. The molecule has 16 heavy (non-hydrogen) atoms. The lowest BCUT2D eigenvalue weighted by Gasteiger charge is -2.15. The van der Waals surface area contributed by atoms with E-state index in [1.165, 1.54) is 12.8 Å². The largest absolute Gasteiger partial charge is 0.490 e. The van der Waals surface area contributed by atoms with Gasteiger partial charge in [0.2, 0.25) is 0 Å². The minimum Gasteiger partial charge on any atom is -0.490 e. The second-order valence-corrected chi connectivity index (χ2v) is 4.54. The molecule has 1 fully saturated rings. The third-order valence-electron chi connectivity index (χ3n) is 2.94. The van der Waals surface area contributed by atoms with Crippen LogP contribution < -0.4 is 10.1 Å². The topological polar surface area (TPSA) is 34.1 Å². The first-order valence-electron chi connectivity index (χ1n) is 5.67. The molecule has 1 aromatic heterocycles.